The van der Waals surface area contributed by atoms with Crippen molar-refractivity contribution in [2.24, 2.45) is 0 Å². The first kappa shape index (κ1) is 16.8. The van der Waals surface area contributed by atoms with Crippen LogP contribution in [0.5, 0.6) is 11.5 Å². The quantitative estimate of drug-likeness (QED) is 0.797. The monoisotopic (exact) mass is 312 g/mol. The number of rotatable bonds is 7. The summed E-state index contributed by atoms with van der Waals surface area (Å²) in [4.78, 5) is 12.4. The maximum absolute atomic E-state index is 12.4. The molecule has 4 heteroatoms. The van der Waals surface area contributed by atoms with E-state index in [4.69, 9.17) is 9.47 Å². The maximum Gasteiger partial charge on any atom is 0.165 e. The Morgan fingerprint density at radius 3 is 2.30 bits per heavy atom. The van der Waals surface area contributed by atoms with Crippen molar-refractivity contribution in [1.29, 1.82) is 0 Å². The molecule has 0 bridgehead atoms. The second-order valence-electron chi connectivity index (χ2n) is 5.10. The number of carbonyl (C=O) groups excluding carboxylic acids is 1. The zero-order valence-corrected chi connectivity index (χ0v) is 13.3. The molecule has 2 rings (SSSR count). The Hall–Kier alpha value is -2.59. The van der Waals surface area contributed by atoms with Gasteiger partial charge in [-0.15, -0.1) is 0 Å². The Labute approximate surface area is 136 Å². The van der Waals surface area contributed by atoms with E-state index in [-0.39, 0.29) is 12.2 Å². The Balaban J connectivity index is 2.11. The van der Waals surface area contributed by atoms with E-state index in [0.29, 0.717) is 22.6 Å². The molecule has 2 aromatic rings. The van der Waals surface area contributed by atoms with Crippen molar-refractivity contribution < 1.29 is 19.4 Å². The van der Waals surface area contributed by atoms with Crippen LogP contribution in [0.3, 0.4) is 0 Å². The highest BCUT2D eigenvalue weighted by atomic mass is 16.5. The fraction of sp³-hybridized carbons (Fsp3) is 0.211. The van der Waals surface area contributed by atoms with E-state index in [0.717, 1.165) is 5.56 Å². The first-order valence-corrected chi connectivity index (χ1v) is 7.24. The topological polar surface area (TPSA) is 55.8 Å². The predicted octanol–water partition coefficient (Wildman–Crippen LogP) is 3.35. The van der Waals surface area contributed by atoms with Crippen molar-refractivity contribution in [1.82, 2.24) is 0 Å². The van der Waals surface area contributed by atoms with Gasteiger partial charge in [-0.05, 0) is 29.3 Å². The smallest absolute Gasteiger partial charge is 0.165 e. The molecule has 0 aliphatic heterocycles. The molecule has 0 amide bonds. The molecular formula is C19H20O4. The Morgan fingerprint density at radius 2 is 1.70 bits per heavy atom. The van der Waals surface area contributed by atoms with E-state index >= 15 is 0 Å². The van der Waals surface area contributed by atoms with Crippen LogP contribution >= 0.6 is 0 Å². The summed E-state index contributed by atoms with van der Waals surface area (Å²) in [5, 5.41) is 10.3. The van der Waals surface area contributed by atoms with Gasteiger partial charge in [-0.3, -0.25) is 4.79 Å². The van der Waals surface area contributed by atoms with E-state index in [2.05, 4.69) is 6.58 Å². The molecule has 0 saturated heterocycles. The highest BCUT2D eigenvalue weighted by Crippen LogP contribution is 2.28. The number of aliphatic hydroxyl groups is 1. The van der Waals surface area contributed by atoms with Crippen LogP contribution in [0.15, 0.2) is 55.1 Å². The number of Topliss-reactive ketones (excluding diaryl/α,β-unsaturated/α-hetero) is 1. The highest BCUT2D eigenvalue weighted by Gasteiger charge is 2.18. The van der Waals surface area contributed by atoms with Gasteiger partial charge < -0.3 is 14.6 Å². The Kier molecular flexibility index (Phi) is 5.55. The molecule has 4 nitrogen and oxygen atoms in total. The lowest BCUT2D eigenvalue weighted by atomic mass is 9.96. The molecule has 1 unspecified atom stereocenters. The second kappa shape index (κ2) is 7.61. The summed E-state index contributed by atoms with van der Waals surface area (Å²) >= 11 is 0. The number of benzene rings is 2. The largest absolute Gasteiger partial charge is 0.493 e. The molecule has 0 radical (unpaired) electrons. The second-order valence-corrected chi connectivity index (χ2v) is 5.10. The summed E-state index contributed by atoms with van der Waals surface area (Å²) in [7, 11) is 3.05. The molecule has 2 aromatic carbocycles. The Bertz CT molecular complexity index is 692. The van der Waals surface area contributed by atoms with Gasteiger partial charge in [-0.1, -0.05) is 36.9 Å². The molecule has 0 heterocycles. The van der Waals surface area contributed by atoms with Crippen LogP contribution in [0.25, 0.3) is 5.57 Å². The summed E-state index contributed by atoms with van der Waals surface area (Å²) in [6, 6.07) is 14.3. The van der Waals surface area contributed by atoms with Crippen molar-refractivity contribution in [3.63, 3.8) is 0 Å². The van der Waals surface area contributed by atoms with E-state index in [9.17, 15) is 9.90 Å². The zero-order chi connectivity index (χ0) is 16.8. The van der Waals surface area contributed by atoms with Crippen LogP contribution in [-0.2, 0) is 0 Å². The molecule has 0 fully saturated rings. The summed E-state index contributed by atoms with van der Waals surface area (Å²) in [5.41, 5.74) is 1.81. The van der Waals surface area contributed by atoms with Crippen LogP contribution in [0.1, 0.15) is 22.3 Å². The summed E-state index contributed by atoms with van der Waals surface area (Å²) in [6.07, 6.45) is -0.971. The minimum atomic E-state index is -0.932. The number of ether oxygens (including phenoxy) is 2. The molecule has 23 heavy (non-hydrogen) atoms. The van der Waals surface area contributed by atoms with Gasteiger partial charge in [0, 0.05) is 12.0 Å². The lowest BCUT2D eigenvalue weighted by Crippen LogP contribution is -2.15. The molecule has 1 atom stereocenters. The van der Waals surface area contributed by atoms with Crippen LogP contribution in [-0.4, -0.2) is 31.2 Å². The van der Waals surface area contributed by atoms with Crippen molar-refractivity contribution in [3.8, 4) is 11.5 Å². The number of methoxy groups -OCH3 is 2. The molecule has 0 saturated carbocycles. The fourth-order valence-electron chi connectivity index (χ4n) is 2.27. The lowest BCUT2D eigenvalue weighted by molar-refractivity contribution is 0.0928. The van der Waals surface area contributed by atoms with Crippen molar-refractivity contribution in [2.75, 3.05) is 14.2 Å². The van der Waals surface area contributed by atoms with Gasteiger partial charge >= 0.3 is 0 Å². The lowest BCUT2D eigenvalue weighted by Gasteiger charge is -2.14. The first-order chi connectivity index (χ1) is 11.1. The van der Waals surface area contributed by atoms with E-state index in [1.807, 2.05) is 30.3 Å². The maximum atomic E-state index is 12.4. The molecule has 0 spiro atoms. The number of hydrogen-bond donors (Lipinski definition) is 1. The number of carbonyl (C=O) groups is 1. The minimum Gasteiger partial charge on any atom is -0.493 e. The molecule has 1 N–H and O–H groups in total. The van der Waals surface area contributed by atoms with Gasteiger partial charge in [0.2, 0.25) is 0 Å². The zero-order valence-electron chi connectivity index (χ0n) is 13.3. The van der Waals surface area contributed by atoms with Gasteiger partial charge in [0.05, 0.1) is 20.3 Å². The SMILES string of the molecule is C=C(c1ccccc1)C(O)CC(=O)c1ccc(OC)c(OC)c1. The van der Waals surface area contributed by atoms with E-state index in [1.165, 1.54) is 14.2 Å². The van der Waals surface area contributed by atoms with Gasteiger partial charge in [-0.2, -0.15) is 0 Å². The number of ketones is 1. The van der Waals surface area contributed by atoms with E-state index < -0.39 is 6.10 Å². The molecule has 0 aliphatic rings. The standard InChI is InChI=1S/C19H20O4/c1-13(14-7-5-4-6-8-14)16(20)12-17(21)15-9-10-18(22-2)19(11-15)23-3/h4-11,16,20H,1,12H2,2-3H3. The average Bonchev–Trinajstić information content (AvgIpc) is 2.60. The summed E-state index contributed by atoms with van der Waals surface area (Å²) < 4.78 is 10.3. The molecule has 0 aliphatic carbocycles. The van der Waals surface area contributed by atoms with Crippen LogP contribution < -0.4 is 9.47 Å². The summed E-state index contributed by atoms with van der Waals surface area (Å²) in [6.45, 7) is 3.89. The van der Waals surface area contributed by atoms with Crippen LogP contribution in [0.2, 0.25) is 0 Å². The molecule has 120 valence electrons. The molecule has 0 aromatic heterocycles. The fourth-order valence-corrected chi connectivity index (χ4v) is 2.27. The van der Waals surface area contributed by atoms with Gasteiger partial charge in [0.25, 0.3) is 0 Å². The molecular weight excluding hydrogens is 292 g/mol. The predicted molar refractivity (Wildman–Crippen MR) is 90.0 cm³/mol. The highest BCUT2D eigenvalue weighted by molar-refractivity contribution is 5.98. The van der Waals surface area contributed by atoms with Gasteiger partial charge in [-0.25, -0.2) is 0 Å². The van der Waals surface area contributed by atoms with Crippen molar-refractivity contribution in [3.05, 3.63) is 66.2 Å². The van der Waals surface area contributed by atoms with Gasteiger partial charge in [0.15, 0.2) is 17.3 Å². The third kappa shape index (κ3) is 3.99. The summed E-state index contributed by atoms with van der Waals surface area (Å²) in [5.74, 6) is 0.851. The first-order valence-electron chi connectivity index (χ1n) is 7.24. The van der Waals surface area contributed by atoms with Crippen molar-refractivity contribution >= 4 is 11.4 Å². The normalized spacial score (nSPS) is 11.6. The number of aliphatic hydroxyl groups excluding tert-OH is 1. The van der Waals surface area contributed by atoms with E-state index in [1.54, 1.807) is 18.2 Å². The third-order valence-corrected chi connectivity index (χ3v) is 3.63. The average molecular weight is 312 g/mol. The number of hydrogen-bond acceptors (Lipinski definition) is 4. The van der Waals surface area contributed by atoms with Crippen LogP contribution in [0, 0.1) is 0 Å². The third-order valence-electron chi connectivity index (χ3n) is 3.63. The minimum absolute atomic E-state index is 0.0385. The van der Waals surface area contributed by atoms with Crippen LogP contribution in [0.4, 0.5) is 0 Å². The van der Waals surface area contributed by atoms with Crippen molar-refractivity contribution in [2.45, 2.75) is 12.5 Å². The van der Waals surface area contributed by atoms with Gasteiger partial charge in [0.1, 0.15) is 0 Å². The Morgan fingerprint density at radius 1 is 1.04 bits per heavy atom.